The molecule has 0 radical (unpaired) electrons. The van der Waals surface area contributed by atoms with Gasteiger partial charge in [0.25, 0.3) is 0 Å². The summed E-state index contributed by atoms with van der Waals surface area (Å²) >= 11 is 0. The minimum absolute atomic E-state index is 0.137. The van der Waals surface area contributed by atoms with Crippen LogP contribution >= 0.6 is 0 Å². The molecule has 0 aliphatic carbocycles. The van der Waals surface area contributed by atoms with Crippen LogP contribution in [0.15, 0.2) is 53.1 Å². The second-order valence-electron chi connectivity index (χ2n) is 7.15. The number of hydrogen-bond donors (Lipinski definition) is 1. The summed E-state index contributed by atoms with van der Waals surface area (Å²) in [6.07, 6.45) is 2.70. The van der Waals surface area contributed by atoms with Crippen LogP contribution in [0.4, 0.5) is 10.5 Å². The van der Waals surface area contributed by atoms with Gasteiger partial charge in [-0.15, -0.1) is 0 Å². The summed E-state index contributed by atoms with van der Waals surface area (Å²) in [6.45, 7) is 4.82. The third-order valence-corrected chi connectivity index (χ3v) is 5.16. The number of aromatic nitrogens is 2. The number of benzene rings is 2. The minimum atomic E-state index is -0.193. The maximum absolute atomic E-state index is 12.8. The van der Waals surface area contributed by atoms with Gasteiger partial charge in [0.1, 0.15) is 6.04 Å². The highest BCUT2D eigenvalue weighted by atomic mass is 16.5. The van der Waals surface area contributed by atoms with Gasteiger partial charge in [0.15, 0.2) is 0 Å². The van der Waals surface area contributed by atoms with Gasteiger partial charge in [-0.1, -0.05) is 54.0 Å². The average Bonchev–Trinajstić information content (AvgIpc) is 3.38. The maximum Gasteiger partial charge on any atom is 0.322 e. The van der Waals surface area contributed by atoms with Crippen molar-refractivity contribution in [1.29, 1.82) is 0 Å². The van der Waals surface area contributed by atoms with E-state index >= 15 is 0 Å². The highest BCUT2D eigenvalue weighted by Crippen LogP contribution is 2.32. The minimum Gasteiger partial charge on any atom is -0.337 e. The molecule has 0 saturated carbocycles. The van der Waals surface area contributed by atoms with Crippen LogP contribution in [0.2, 0.25) is 0 Å². The summed E-state index contributed by atoms with van der Waals surface area (Å²) in [5.41, 5.74) is 4.12. The number of amides is 2. The zero-order valence-corrected chi connectivity index (χ0v) is 16.2. The van der Waals surface area contributed by atoms with Crippen molar-refractivity contribution in [3.05, 3.63) is 65.5 Å². The molecule has 1 atom stereocenters. The van der Waals surface area contributed by atoms with Crippen molar-refractivity contribution in [2.24, 2.45) is 0 Å². The number of aryl methyl sites for hydroxylation is 2. The molecule has 0 spiro atoms. The number of hydrogen-bond acceptors (Lipinski definition) is 4. The number of nitrogens with one attached hydrogen (secondary N) is 1. The Bertz CT molecular complexity index is 947. The predicted molar refractivity (Wildman–Crippen MR) is 108 cm³/mol. The Labute approximate surface area is 164 Å². The lowest BCUT2D eigenvalue weighted by atomic mass is 10.1. The largest absolute Gasteiger partial charge is 0.337 e. The lowest BCUT2D eigenvalue weighted by Gasteiger charge is -2.22. The normalized spacial score (nSPS) is 16.4. The molecule has 1 fully saturated rings. The highest BCUT2D eigenvalue weighted by molar-refractivity contribution is 5.89. The van der Waals surface area contributed by atoms with E-state index in [1.54, 1.807) is 4.90 Å². The Morgan fingerprint density at radius 1 is 1.18 bits per heavy atom. The molecule has 6 nitrogen and oxygen atoms in total. The first kappa shape index (κ1) is 18.2. The van der Waals surface area contributed by atoms with E-state index in [-0.39, 0.29) is 12.1 Å². The molecule has 1 aromatic heterocycles. The second kappa shape index (κ2) is 7.84. The lowest BCUT2D eigenvalue weighted by molar-refractivity contribution is 0.193. The van der Waals surface area contributed by atoms with E-state index in [1.807, 2.05) is 55.5 Å². The van der Waals surface area contributed by atoms with Crippen molar-refractivity contribution >= 4 is 11.7 Å². The van der Waals surface area contributed by atoms with E-state index in [0.29, 0.717) is 18.3 Å². The number of carbonyl (C=O) groups excluding carboxylic acids is 1. The Morgan fingerprint density at radius 2 is 1.93 bits per heavy atom. The average molecular weight is 376 g/mol. The van der Waals surface area contributed by atoms with E-state index in [0.717, 1.165) is 30.5 Å². The molecule has 1 aliphatic rings. The molecule has 1 N–H and O–H groups in total. The third-order valence-electron chi connectivity index (χ3n) is 5.16. The van der Waals surface area contributed by atoms with E-state index in [4.69, 9.17) is 4.52 Å². The van der Waals surface area contributed by atoms with E-state index in [9.17, 15) is 4.79 Å². The zero-order valence-electron chi connectivity index (χ0n) is 16.2. The SMILES string of the molecule is CCc1ccc(NC(=O)N2CCCC2c2nc(-c3ccc(C)cc3)no2)cc1. The predicted octanol–water partition coefficient (Wildman–Crippen LogP) is 4.98. The van der Waals surface area contributed by atoms with Crippen LogP contribution in [0.3, 0.4) is 0 Å². The Hall–Kier alpha value is -3.15. The molecule has 28 heavy (non-hydrogen) atoms. The summed E-state index contributed by atoms with van der Waals surface area (Å²) in [6, 6.07) is 15.6. The molecule has 2 aromatic carbocycles. The van der Waals surface area contributed by atoms with Crippen LogP contribution in [0, 0.1) is 6.92 Å². The van der Waals surface area contributed by atoms with Gasteiger partial charge in [-0.3, -0.25) is 0 Å². The number of carbonyl (C=O) groups is 1. The zero-order chi connectivity index (χ0) is 19.5. The summed E-state index contributed by atoms with van der Waals surface area (Å²) in [5.74, 6) is 1.04. The van der Waals surface area contributed by atoms with Crippen LogP contribution in [-0.2, 0) is 6.42 Å². The van der Waals surface area contributed by atoms with Gasteiger partial charge in [0, 0.05) is 17.8 Å². The van der Waals surface area contributed by atoms with Crippen LogP contribution in [0.25, 0.3) is 11.4 Å². The molecule has 6 heteroatoms. The van der Waals surface area contributed by atoms with Crippen LogP contribution in [0.1, 0.15) is 42.8 Å². The van der Waals surface area contributed by atoms with Gasteiger partial charge in [-0.25, -0.2) is 4.79 Å². The molecular formula is C22H24N4O2. The van der Waals surface area contributed by atoms with Crippen LogP contribution in [-0.4, -0.2) is 27.6 Å². The Balaban J connectivity index is 1.48. The fourth-order valence-electron chi connectivity index (χ4n) is 3.48. The van der Waals surface area contributed by atoms with Gasteiger partial charge in [-0.2, -0.15) is 4.98 Å². The molecular weight excluding hydrogens is 352 g/mol. The van der Waals surface area contributed by atoms with Gasteiger partial charge < -0.3 is 14.7 Å². The van der Waals surface area contributed by atoms with E-state index < -0.39 is 0 Å². The standard InChI is InChI=1S/C22H24N4O2/c1-3-16-8-12-18(13-9-16)23-22(27)26-14-4-5-19(26)21-24-20(25-28-21)17-10-6-15(2)7-11-17/h6-13,19H,3-5,14H2,1-2H3,(H,23,27). The van der Waals surface area contributed by atoms with Gasteiger partial charge >= 0.3 is 6.03 Å². The van der Waals surface area contributed by atoms with Gasteiger partial charge in [0.2, 0.25) is 11.7 Å². The molecule has 2 heterocycles. The summed E-state index contributed by atoms with van der Waals surface area (Å²) in [5, 5.41) is 7.09. The van der Waals surface area contributed by atoms with E-state index in [1.165, 1.54) is 11.1 Å². The molecule has 1 unspecified atom stereocenters. The lowest BCUT2D eigenvalue weighted by Crippen LogP contribution is -2.34. The summed E-state index contributed by atoms with van der Waals surface area (Å²) in [4.78, 5) is 19.1. The maximum atomic E-state index is 12.8. The number of likely N-dealkylation sites (tertiary alicyclic amines) is 1. The third kappa shape index (κ3) is 3.76. The first-order chi connectivity index (χ1) is 13.6. The number of anilines is 1. The Kier molecular flexibility index (Phi) is 5.10. The van der Waals surface area contributed by atoms with E-state index in [2.05, 4.69) is 22.4 Å². The number of rotatable bonds is 4. The topological polar surface area (TPSA) is 71.3 Å². The van der Waals surface area contributed by atoms with Crippen molar-refractivity contribution in [1.82, 2.24) is 15.0 Å². The van der Waals surface area contributed by atoms with Crippen molar-refractivity contribution in [2.45, 2.75) is 39.2 Å². The number of nitrogens with zero attached hydrogens (tertiary/aromatic N) is 3. The molecule has 2 amide bonds. The fourth-order valence-corrected chi connectivity index (χ4v) is 3.48. The monoisotopic (exact) mass is 376 g/mol. The van der Waals surface area contributed by atoms with Crippen molar-refractivity contribution in [3.8, 4) is 11.4 Å². The number of urea groups is 1. The summed E-state index contributed by atoms with van der Waals surface area (Å²) in [7, 11) is 0. The van der Waals surface area contributed by atoms with Crippen molar-refractivity contribution in [2.75, 3.05) is 11.9 Å². The van der Waals surface area contributed by atoms with Crippen LogP contribution in [0.5, 0.6) is 0 Å². The van der Waals surface area contributed by atoms with Gasteiger partial charge in [0.05, 0.1) is 0 Å². The van der Waals surface area contributed by atoms with Crippen molar-refractivity contribution in [3.63, 3.8) is 0 Å². The first-order valence-corrected chi connectivity index (χ1v) is 9.71. The first-order valence-electron chi connectivity index (χ1n) is 9.71. The Morgan fingerprint density at radius 3 is 2.64 bits per heavy atom. The smallest absolute Gasteiger partial charge is 0.322 e. The summed E-state index contributed by atoms with van der Waals surface area (Å²) < 4.78 is 5.51. The molecule has 3 aromatic rings. The van der Waals surface area contributed by atoms with Crippen molar-refractivity contribution < 1.29 is 9.32 Å². The fraction of sp³-hybridized carbons (Fsp3) is 0.318. The molecule has 1 saturated heterocycles. The molecule has 4 rings (SSSR count). The van der Waals surface area contributed by atoms with Crippen LogP contribution < -0.4 is 5.32 Å². The van der Waals surface area contributed by atoms with Gasteiger partial charge in [-0.05, 0) is 43.9 Å². The quantitative estimate of drug-likeness (QED) is 0.697. The molecule has 144 valence electrons. The molecule has 1 aliphatic heterocycles. The second-order valence-corrected chi connectivity index (χ2v) is 7.15. The molecule has 0 bridgehead atoms. The highest BCUT2D eigenvalue weighted by Gasteiger charge is 2.34.